The molecule has 6 heteroatoms. The van der Waals surface area contributed by atoms with Gasteiger partial charge in [0.05, 0.1) is 23.8 Å². The van der Waals surface area contributed by atoms with Gasteiger partial charge in [-0.2, -0.15) is 0 Å². The van der Waals surface area contributed by atoms with Crippen LogP contribution < -0.4 is 9.64 Å². The molecule has 0 aromatic heterocycles. The van der Waals surface area contributed by atoms with E-state index in [1.54, 1.807) is 7.11 Å². The molecular formula is C17H17FN2O3. The topological polar surface area (TPSA) is 55.6 Å². The molecule has 0 radical (unpaired) electrons. The summed E-state index contributed by atoms with van der Waals surface area (Å²) in [7, 11) is 1.61. The molecule has 0 atom stereocenters. The second-order valence-corrected chi connectivity index (χ2v) is 5.60. The third-order valence-corrected chi connectivity index (χ3v) is 3.95. The van der Waals surface area contributed by atoms with E-state index < -0.39 is 10.7 Å². The predicted octanol–water partition coefficient (Wildman–Crippen LogP) is 3.91. The third-order valence-electron chi connectivity index (χ3n) is 3.95. The molecule has 2 aromatic rings. The average molecular weight is 316 g/mol. The summed E-state index contributed by atoms with van der Waals surface area (Å²) in [6.45, 7) is 0.559. The molecular weight excluding hydrogens is 299 g/mol. The van der Waals surface area contributed by atoms with Crippen LogP contribution in [-0.4, -0.2) is 18.1 Å². The summed E-state index contributed by atoms with van der Waals surface area (Å²) in [5.74, 6) is 0.216. The molecule has 0 heterocycles. The van der Waals surface area contributed by atoms with Crippen molar-refractivity contribution in [3.8, 4) is 5.75 Å². The van der Waals surface area contributed by atoms with E-state index in [0.29, 0.717) is 12.2 Å². The van der Waals surface area contributed by atoms with Crippen LogP contribution in [0.4, 0.5) is 15.8 Å². The van der Waals surface area contributed by atoms with Gasteiger partial charge >= 0.3 is 0 Å². The molecule has 0 bridgehead atoms. The van der Waals surface area contributed by atoms with Gasteiger partial charge in [-0.15, -0.1) is 0 Å². The van der Waals surface area contributed by atoms with E-state index in [0.717, 1.165) is 30.2 Å². The first-order valence-corrected chi connectivity index (χ1v) is 7.42. The van der Waals surface area contributed by atoms with Gasteiger partial charge in [0.1, 0.15) is 5.75 Å². The molecule has 1 fully saturated rings. The molecule has 0 aliphatic heterocycles. The van der Waals surface area contributed by atoms with E-state index in [1.165, 1.54) is 12.1 Å². The minimum atomic E-state index is -0.586. The van der Waals surface area contributed by atoms with Crippen LogP contribution in [0.1, 0.15) is 18.4 Å². The summed E-state index contributed by atoms with van der Waals surface area (Å²) in [4.78, 5) is 12.1. The largest absolute Gasteiger partial charge is 0.497 e. The second-order valence-electron chi connectivity index (χ2n) is 5.60. The third kappa shape index (κ3) is 3.41. The van der Waals surface area contributed by atoms with Crippen molar-refractivity contribution in [3.63, 3.8) is 0 Å². The van der Waals surface area contributed by atoms with Gasteiger partial charge in [0.2, 0.25) is 0 Å². The Labute approximate surface area is 133 Å². The summed E-state index contributed by atoms with van der Waals surface area (Å²) >= 11 is 0. The molecule has 1 aliphatic carbocycles. The SMILES string of the molecule is COc1ccc(CN(c2ccc([N+](=O)[O-])cc2F)C2CC2)cc1. The maximum atomic E-state index is 14.3. The standard InChI is InChI=1S/C17H17FN2O3/c1-23-15-7-2-12(3-8-15)11-19(13-4-5-13)17-9-6-14(20(21)22)10-16(17)18/h2-3,6-10,13H,4-5,11H2,1H3. The maximum Gasteiger partial charge on any atom is 0.272 e. The Bertz CT molecular complexity index is 714. The number of halogens is 1. The summed E-state index contributed by atoms with van der Waals surface area (Å²) in [5.41, 5.74) is 1.22. The lowest BCUT2D eigenvalue weighted by Gasteiger charge is -2.25. The number of hydrogen-bond acceptors (Lipinski definition) is 4. The zero-order valence-corrected chi connectivity index (χ0v) is 12.7. The highest BCUT2D eigenvalue weighted by Crippen LogP contribution is 2.35. The van der Waals surface area contributed by atoms with E-state index in [4.69, 9.17) is 4.74 Å². The maximum absolute atomic E-state index is 14.3. The Morgan fingerprint density at radius 2 is 1.96 bits per heavy atom. The summed E-state index contributed by atoms with van der Waals surface area (Å²) in [5, 5.41) is 10.7. The highest BCUT2D eigenvalue weighted by Gasteiger charge is 2.31. The quantitative estimate of drug-likeness (QED) is 0.599. The van der Waals surface area contributed by atoms with Gasteiger partial charge in [-0.05, 0) is 36.6 Å². The Morgan fingerprint density at radius 1 is 1.26 bits per heavy atom. The van der Waals surface area contributed by atoms with Gasteiger partial charge in [0.15, 0.2) is 5.82 Å². The molecule has 0 unspecified atom stereocenters. The smallest absolute Gasteiger partial charge is 0.272 e. The molecule has 1 aliphatic rings. The number of rotatable bonds is 6. The molecule has 0 saturated heterocycles. The minimum Gasteiger partial charge on any atom is -0.497 e. The highest BCUT2D eigenvalue weighted by atomic mass is 19.1. The number of hydrogen-bond donors (Lipinski definition) is 0. The van der Waals surface area contributed by atoms with Crippen LogP contribution in [0.3, 0.4) is 0 Å². The van der Waals surface area contributed by atoms with Gasteiger partial charge in [-0.25, -0.2) is 4.39 Å². The van der Waals surface area contributed by atoms with Crippen molar-refractivity contribution in [1.82, 2.24) is 0 Å². The van der Waals surface area contributed by atoms with Crippen molar-refractivity contribution >= 4 is 11.4 Å². The lowest BCUT2D eigenvalue weighted by molar-refractivity contribution is -0.385. The molecule has 3 rings (SSSR count). The van der Waals surface area contributed by atoms with Gasteiger partial charge in [-0.3, -0.25) is 10.1 Å². The molecule has 23 heavy (non-hydrogen) atoms. The molecule has 0 N–H and O–H groups in total. The Hall–Kier alpha value is -2.63. The van der Waals surface area contributed by atoms with E-state index in [1.807, 2.05) is 29.2 Å². The van der Waals surface area contributed by atoms with Crippen molar-refractivity contribution in [2.24, 2.45) is 0 Å². The van der Waals surface area contributed by atoms with Crippen LogP contribution in [0.2, 0.25) is 0 Å². The lowest BCUT2D eigenvalue weighted by Crippen LogP contribution is -2.26. The number of benzene rings is 2. The fourth-order valence-electron chi connectivity index (χ4n) is 2.57. The van der Waals surface area contributed by atoms with Gasteiger partial charge in [0.25, 0.3) is 5.69 Å². The van der Waals surface area contributed by atoms with Crippen LogP contribution >= 0.6 is 0 Å². The van der Waals surface area contributed by atoms with Crippen LogP contribution in [0.25, 0.3) is 0 Å². The first-order valence-electron chi connectivity index (χ1n) is 7.42. The monoisotopic (exact) mass is 316 g/mol. The first kappa shape index (κ1) is 15.3. The Balaban J connectivity index is 1.85. The Kier molecular flexibility index (Phi) is 4.14. The van der Waals surface area contributed by atoms with Crippen molar-refractivity contribution in [2.45, 2.75) is 25.4 Å². The number of methoxy groups -OCH3 is 1. The normalized spacial score (nSPS) is 13.7. The lowest BCUT2D eigenvalue weighted by atomic mass is 10.1. The molecule has 5 nitrogen and oxygen atoms in total. The number of ether oxygens (including phenoxy) is 1. The number of nitro benzene ring substituents is 1. The number of nitrogens with zero attached hydrogens (tertiary/aromatic N) is 2. The van der Waals surface area contributed by atoms with Crippen LogP contribution in [0.5, 0.6) is 5.75 Å². The fraction of sp³-hybridized carbons (Fsp3) is 0.294. The van der Waals surface area contributed by atoms with E-state index >= 15 is 0 Å². The van der Waals surface area contributed by atoms with E-state index in [-0.39, 0.29) is 11.7 Å². The van der Waals surface area contributed by atoms with Crippen molar-refractivity contribution < 1.29 is 14.1 Å². The molecule has 1 saturated carbocycles. The van der Waals surface area contributed by atoms with Gasteiger partial charge in [0, 0.05) is 18.7 Å². The zero-order valence-electron chi connectivity index (χ0n) is 12.7. The fourth-order valence-corrected chi connectivity index (χ4v) is 2.57. The molecule has 120 valence electrons. The van der Waals surface area contributed by atoms with Crippen molar-refractivity contribution in [2.75, 3.05) is 12.0 Å². The zero-order chi connectivity index (χ0) is 16.4. The Morgan fingerprint density at radius 3 is 2.48 bits per heavy atom. The molecule has 0 spiro atoms. The second kappa shape index (κ2) is 6.24. The van der Waals surface area contributed by atoms with Crippen LogP contribution in [-0.2, 0) is 6.54 Å². The van der Waals surface area contributed by atoms with Gasteiger partial charge in [-0.1, -0.05) is 12.1 Å². The molecule has 0 amide bonds. The summed E-state index contributed by atoms with van der Waals surface area (Å²) in [6, 6.07) is 11.7. The van der Waals surface area contributed by atoms with Crippen molar-refractivity contribution in [3.05, 3.63) is 64.0 Å². The van der Waals surface area contributed by atoms with Crippen LogP contribution in [0, 0.1) is 15.9 Å². The van der Waals surface area contributed by atoms with E-state index in [2.05, 4.69) is 0 Å². The van der Waals surface area contributed by atoms with Crippen molar-refractivity contribution in [1.29, 1.82) is 0 Å². The van der Waals surface area contributed by atoms with Crippen LogP contribution in [0.15, 0.2) is 42.5 Å². The van der Waals surface area contributed by atoms with Gasteiger partial charge < -0.3 is 9.64 Å². The number of non-ortho nitro benzene ring substituents is 1. The average Bonchev–Trinajstić information content (AvgIpc) is 3.38. The minimum absolute atomic E-state index is 0.230. The number of anilines is 1. The summed E-state index contributed by atoms with van der Waals surface area (Å²) < 4.78 is 19.4. The summed E-state index contributed by atoms with van der Waals surface area (Å²) in [6.07, 6.45) is 2.01. The first-order chi connectivity index (χ1) is 11.1. The number of nitro groups is 1. The van der Waals surface area contributed by atoms with E-state index in [9.17, 15) is 14.5 Å². The molecule has 2 aromatic carbocycles. The highest BCUT2D eigenvalue weighted by molar-refractivity contribution is 5.54. The predicted molar refractivity (Wildman–Crippen MR) is 85.3 cm³/mol.